The first-order valence-electron chi connectivity index (χ1n) is 6.87. The van der Waals surface area contributed by atoms with Crippen LogP contribution in [0.2, 0.25) is 4.34 Å². The van der Waals surface area contributed by atoms with Gasteiger partial charge in [-0.3, -0.25) is 4.79 Å². The number of methoxy groups -OCH3 is 1. The Labute approximate surface area is 142 Å². The van der Waals surface area contributed by atoms with E-state index in [1.807, 2.05) is 6.92 Å². The van der Waals surface area contributed by atoms with Crippen molar-refractivity contribution >= 4 is 34.8 Å². The van der Waals surface area contributed by atoms with Gasteiger partial charge in [-0.1, -0.05) is 23.7 Å². The second kappa shape index (κ2) is 7.48. The van der Waals surface area contributed by atoms with Gasteiger partial charge in [0.1, 0.15) is 10.6 Å². The Kier molecular flexibility index (Phi) is 5.63. The molecule has 0 radical (unpaired) electrons. The molecule has 0 spiro atoms. The average molecular weight is 354 g/mol. The van der Waals surface area contributed by atoms with Gasteiger partial charge in [-0.2, -0.15) is 0 Å². The summed E-state index contributed by atoms with van der Waals surface area (Å²) in [5, 5.41) is 11.8. The number of carbonyl (C=O) groups excluding carboxylic acids is 1. The van der Waals surface area contributed by atoms with Crippen molar-refractivity contribution in [2.75, 3.05) is 7.11 Å². The number of aromatic carboxylic acids is 1. The van der Waals surface area contributed by atoms with Gasteiger partial charge in [0, 0.05) is 12.1 Å². The fourth-order valence-electron chi connectivity index (χ4n) is 2.13. The van der Waals surface area contributed by atoms with Crippen molar-refractivity contribution in [2.45, 2.75) is 19.4 Å². The van der Waals surface area contributed by atoms with Crippen LogP contribution in [-0.4, -0.2) is 30.1 Å². The minimum atomic E-state index is -0.959. The van der Waals surface area contributed by atoms with Gasteiger partial charge in [-0.25, -0.2) is 4.79 Å². The molecule has 23 heavy (non-hydrogen) atoms. The summed E-state index contributed by atoms with van der Waals surface area (Å²) in [6.07, 6.45) is 0.590. The zero-order chi connectivity index (χ0) is 17.0. The third-order valence-corrected chi connectivity index (χ3v) is 4.46. The summed E-state index contributed by atoms with van der Waals surface area (Å²) < 4.78 is 5.62. The maximum absolute atomic E-state index is 12.3. The molecule has 2 N–H and O–H groups in total. The van der Waals surface area contributed by atoms with Crippen LogP contribution >= 0.6 is 22.9 Å². The minimum absolute atomic E-state index is 0.122. The molecule has 0 saturated carbocycles. The number of amides is 1. The first-order chi connectivity index (χ1) is 10.9. The van der Waals surface area contributed by atoms with Crippen LogP contribution in [0.15, 0.2) is 30.3 Å². The van der Waals surface area contributed by atoms with Crippen molar-refractivity contribution in [1.82, 2.24) is 5.32 Å². The highest BCUT2D eigenvalue weighted by atomic mass is 35.5. The molecule has 1 heterocycles. The Balaban J connectivity index is 1.99. The van der Waals surface area contributed by atoms with E-state index < -0.39 is 5.97 Å². The summed E-state index contributed by atoms with van der Waals surface area (Å²) in [4.78, 5) is 23.5. The van der Waals surface area contributed by atoms with Crippen LogP contribution in [0.5, 0.6) is 5.75 Å². The van der Waals surface area contributed by atoms with Gasteiger partial charge in [0.05, 0.1) is 17.0 Å². The summed E-state index contributed by atoms with van der Waals surface area (Å²) in [7, 11) is 1.49. The quantitative estimate of drug-likeness (QED) is 0.833. The lowest BCUT2D eigenvalue weighted by molar-refractivity contribution is 0.0696. The Hall–Kier alpha value is -2.05. The van der Waals surface area contributed by atoms with Crippen LogP contribution in [0.4, 0.5) is 0 Å². The van der Waals surface area contributed by atoms with Gasteiger partial charge >= 0.3 is 5.97 Å². The van der Waals surface area contributed by atoms with E-state index in [4.69, 9.17) is 21.4 Å². The summed E-state index contributed by atoms with van der Waals surface area (Å²) in [6.45, 7) is 1.88. The first-order valence-corrected chi connectivity index (χ1v) is 8.06. The molecular weight excluding hydrogens is 338 g/mol. The number of hydrogen-bond acceptors (Lipinski definition) is 4. The Bertz CT molecular complexity index is 711. The molecule has 122 valence electrons. The zero-order valence-corrected chi connectivity index (χ0v) is 14.2. The fourth-order valence-corrected chi connectivity index (χ4v) is 3.22. The van der Waals surface area contributed by atoms with Crippen molar-refractivity contribution in [3.05, 3.63) is 50.7 Å². The molecular formula is C16H16ClNO4S. The maximum atomic E-state index is 12.3. The molecule has 0 fully saturated rings. The standard InChI is InChI=1S/C16H16ClNO4S/c1-9(7-10-3-5-11(6-4-10)16(20)21)18-15(19)14-12(22-2)8-13(17)23-14/h3-6,8-9H,7H2,1-2H3,(H,18,19)(H,20,21). The van der Waals surface area contributed by atoms with Crippen LogP contribution in [0.3, 0.4) is 0 Å². The molecule has 1 aromatic heterocycles. The highest BCUT2D eigenvalue weighted by Crippen LogP contribution is 2.32. The van der Waals surface area contributed by atoms with Crippen LogP contribution in [0.25, 0.3) is 0 Å². The summed E-state index contributed by atoms with van der Waals surface area (Å²) in [5.74, 6) is -0.747. The molecule has 1 unspecified atom stereocenters. The molecule has 1 amide bonds. The summed E-state index contributed by atoms with van der Waals surface area (Å²) in [6, 6.07) is 8.08. The van der Waals surface area contributed by atoms with Crippen LogP contribution in [-0.2, 0) is 6.42 Å². The lowest BCUT2D eigenvalue weighted by Gasteiger charge is -2.14. The van der Waals surface area contributed by atoms with Crippen LogP contribution in [0.1, 0.15) is 32.5 Å². The van der Waals surface area contributed by atoms with Crippen molar-refractivity contribution in [2.24, 2.45) is 0 Å². The van der Waals surface area contributed by atoms with Crippen LogP contribution < -0.4 is 10.1 Å². The fraction of sp³-hybridized carbons (Fsp3) is 0.250. The average Bonchev–Trinajstić information content (AvgIpc) is 2.89. The van der Waals surface area contributed by atoms with Gasteiger partial charge in [-0.15, -0.1) is 11.3 Å². The number of carboxylic acid groups (broad SMARTS) is 1. The van der Waals surface area contributed by atoms with Crippen molar-refractivity contribution < 1.29 is 19.4 Å². The van der Waals surface area contributed by atoms with Gasteiger partial charge < -0.3 is 15.2 Å². The van der Waals surface area contributed by atoms with Gasteiger partial charge in [-0.05, 0) is 31.0 Å². The summed E-state index contributed by atoms with van der Waals surface area (Å²) in [5.41, 5.74) is 1.18. The number of benzene rings is 1. The predicted octanol–water partition coefficient (Wildman–Crippen LogP) is 3.47. The first kappa shape index (κ1) is 17.3. The van der Waals surface area contributed by atoms with Gasteiger partial charge in [0.15, 0.2) is 0 Å². The van der Waals surface area contributed by atoms with Crippen molar-refractivity contribution in [3.8, 4) is 5.75 Å². The highest BCUT2D eigenvalue weighted by Gasteiger charge is 2.18. The molecule has 1 aromatic carbocycles. The molecule has 7 heteroatoms. The molecule has 5 nitrogen and oxygen atoms in total. The van der Waals surface area contributed by atoms with Gasteiger partial charge in [0.2, 0.25) is 0 Å². The molecule has 0 aliphatic heterocycles. The van der Waals surface area contributed by atoms with Crippen molar-refractivity contribution in [3.63, 3.8) is 0 Å². The topological polar surface area (TPSA) is 75.6 Å². The predicted molar refractivity (Wildman–Crippen MR) is 89.9 cm³/mol. The number of halogens is 1. The summed E-state index contributed by atoms with van der Waals surface area (Å²) >= 11 is 7.07. The monoisotopic (exact) mass is 353 g/mol. The van der Waals surface area contributed by atoms with E-state index in [0.29, 0.717) is 21.4 Å². The molecule has 1 atom stereocenters. The second-order valence-electron chi connectivity index (χ2n) is 5.03. The smallest absolute Gasteiger partial charge is 0.335 e. The third-order valence-electron chi connectivity index (χ3n) is 3.21. The maximum Gasteiger partial charge on any atom is 0.335 e. The van der Waals surface area contributed by atoms with E-state index >= 15 is 0 Å². The molecule has 0 saturated heterocycles. The largest absolute Gasteiger partial charge is 0.495 e. The molecule has 2 rings (SSSR count). The normalized spacial score (nSPS) is 11.8. The number of nitrogens with one attached hydrogen (secondary N) is 1. The van der Waals surface area contributed by atoms with Crippen LogP contribution in [0, 0.1) is 0 Å². The Morgan fingerprint density at radius 2 is 2.00 bits per heavy atom. The van der Waals surface area contributed by atoms with E-state index in [-0.39, 0.29) is 17.5 Å². The number of hydrogen-bond donors (Lipinski definition) is 2. The number of carboxylic acids is 1. The number of thiophene rings is 1. The van der Waals surface area contributed by atoms with E-state index in [1.54, 1.807) is 30.3 Å². The van der Waals surface area contributed by atoms with Crippen molar-refractivity contribution in [1.29, 1.82) is 0 Å². The third kappa shape index (κ3) is 4.46. The molecule has 0 aliphatic rings. The zero-order valence-electron chi connectivity index (χ0n) is 12.6. The lowest BCUT2D eigenvalue weighted by Crippen LogP contribution is -2.33. The van der Waals surface area contributed by atoms with E-state index in [2.05, 4.69) is 5.32 Å². The van der Waals surface area contributed by atoms with E-state index in [9.17, 15) is 9.59 Å². The number of ether oxygens (including phenoxy) is 1. The SMILES string of the molecule is COc1cc(Cl)sc1C(=O)NC(C)Cc1ccc(C(=O)O)cc1. The molecule has 2 aromatic rings. The molecule has 0 bridgehead atoms. The highest BCUT2D eigenvalue weighted by molar-refractivity contribution is 7.18. The minimum Gasteiger partial charge on any atom is -0.495 e. The number of carbonyl (C=O) groups is 2. The number of rotatable bonds is 6. The Morgan fingerprint density at radius 1 is 1.35 bits per heavy atom. The van der Waals surface area contributed by atoms with Gasteiger partial charge in [0.25, 0.3) is 5.91 Å². The Morgan fingerprint density at radius 3 is 2.57 bits per heavy atom. The second-order valence-corrected chi connectivity index (χ2v) is 6.71. The van der Waals surface area contributed by atoms with E-state index in [1.165, 1.54) is 7.11 Å². The van der Waals surface area contributed by atoms with E-state index in [0.717, 1.165) is 16.9 Å². The lowest BCUT2D eigenvalue weighted by atomic mass is 10.1. The molecule has 0 aliphatic carbocycles.